The molecule has 8 heteroatoms. The number of aliphatic hydroxyl groups is 1. The highest BCUT2D eigenvalue weighted by Gasteiger charge is 2.63. The Balaban J connectivity index is 2.96. The highest BCUT2D eigenvalue weighted by Crippen LogP contribution is 2.41. The summed E-state index contributed by atoms with van der Waals surface area (Å²) in [4.78, 5) is 11.5. The fourth-order valence-electron chi connectivity index (χ4n) is 1.73. The molecular formula is C11H17F3N2O3. The number of hydrogen-bond donors (Lipinski definition) is 1. The van der Waals surface area contributed by atoms with E-state index in [0.29, 0.717) is 12.8 Å². The van der Waals surface area contributed by atoms with Crippen molar-refractivity contribution in [2.24, 2.45) is 5.10 Å². The molecule has 0 fully saturated rings. The molecule has 0 aromatic heterocycles. The zero-order valence-electron chi connectivity index (χ0n) is 10.8. The molecule has 0 radical (unpaired) electrons. The van der Waals surface area contributed by atoms with Crippen LogP contribution in [0, 0.1) is 0 Å². The summed E-state index contributed by atoms with van der Waals surface area (Å²) in [5, 5.41) is 13.3. The topological polar surface area (TPSA) is 62.1 Å². The Morgan fingerprint density at radius 3 is 2.63 bits per heavy atom. The lowest BCUT2D eigenvalue weighted by molar-refractivity contribution is -0.299. The fourth-order valence-corrected chi connectivity index (χ4v) is 1.73. The molecule has 0 saturated carbocycles. The van der Waals surface area contributed by atoms with E-state index in [1.807, 2.05) is 6.92 Å². The third kappa shape index (κ3) is 3.17. The number of hydrogen-bond acceptors (Lipinski definition) is 4. The number of amides is 1. The van der Waals surface area contributed by atoms with Crippen LogP contribution in [0.1, 0.15) is 39.5 Å². The minimum Gasteiger partial charge on any atom is -0.448 e. The molecular weight excluding hydrogens is 265 g/mol. The van der Waals surface area contributed by atoms with Gasteiger partial charge in [-0.1, -0.05) is 13.3 Å². The molecule has 0 saturated heterocycles. The number of ether oxygens (including phenoxy) is 1. The molecule has 110 valence electrons. The molecule has 0 aromatic carbocycles. The van der Waals surface area contributed by atoms with E-state index in [4.69, 9.17) is 0 Å². The van der Waals surface area contributed by atoms with Crippen molar-refractivity contribution in [3.8, 4) is 0 Å². The lowest BCUT2D eigenvalue weighted by Gasteiger charge is -2.31. The van der Waals surface area contributed by atoms with Gasteiger partial charge in [0.1, 0.15) is 0 Å². The monoisotopic (exact) mass is 282 g/mol. The zero-order chi connectivity index (χ0) is 14.7. The molecule has 0 bridgehead atoms. The smallest absolute Gasteiger partial charge is 0.439 e. The molecule has 19 heavy (non-hydrogen) atoms. The second kappa shape index (κ2) is 5.77. The van der Waals surface area contributed by atoms with E-state index in [9.17, 15) is 23.1 Å². The molecule has 0 unspecified atom stereocenters. The Kier molecular flexibility index (Phi) is 4.78. The molecule has 1 amide bonds. The third-order valence-electron chi connectivity index (χ3n) is 2.76. The van der Waals surface area contributed by atoms with Crippen molar-refractivity contribution in [3.63, 3.8) is 0 Å². The third-order valence-corrected chi connectivity index (χ3v) is 2.76. The van der Waals surface area contributed by atoms with Gasteiger partial charge in [-0.2, -0.15) is 23.3 Å². The van der Waals surface area contributed by atoms with Crippen molar-refractivity contribution in [1.29, 1.82) is 0 Å². The number of alkyl halides is 3. The van der Waals surface area contributed by atoms with Gasteiger partial charge in [-0.15, -0.1) is 0 Å². The Bertz CT molecular complexity index is 371. The number of rotatable bonds is 4. The molecule has 1 aliphatic rings. The van der Waals surface area contributed by atoms with Crippen molar-refractivity contribution in [2.45, 2.75) is 51.4 Å². The molecule has 5 nitrogen and oxygen atoms in total. The van der Waals surface area contributed by atoms with Gasteiger partial charge < -0.3 is 9.84 Å². The van der Waals surface area contributed by atoms with Gasteiger partial charge in [-0.3, -0.25) is 0 Å². The molecule has 1 rings (SSSR count). The quantitative estimate of drug-likeness (QED) is 0.862. The van der Waals surface area contributed by atoms with E-state index >= 15 is 0 Å². The molecule has 1 atom stereocenters. The van der Waals surface area contributed by atoms with Gasteiger partial charge in [0.25, 0.3) is 5.72 Å². The highest BCUT2D eigenvalue weighted by atomic mass is 19.4. The first kappa shape index (κ1) is 15.7. The molecule has 0 aliphatic carbocycles. The van der Waals surface area contributed by atoms with E-state index in [0.717, 1.165) is 6.42 Å². The van der Waals surface area contributed by atoms with Gasteiger partial charge in [-0.25, -0.2) is 4.79 Å². The zero-order valence-corrected chi connectivity index (χ0v) is 10.8. The summed E-state index contributed by atoms with van der Waals surface area (Å²) >= 11 is 0. The number of unbranched alkanes of at least 4 members (excludes halogenated alkanes) is 1. The minimum atomic E-state index is -4.99. The normalized spacial score (nSPS) is 23.5. The van der Waals surface area contributed by atoms with E-state index in [-0.39, 0.29) is 17.3 Å². The lowest BCUT2D eigenvalue weighted by atomic mass is 10.0. The second-order valence-electron chi connectivity index (χ2n) is 4.27. The van der Waals surface area contributed by atoms with E-state index < -0.39 is 24.4 Å². The van der Waals surface area contributed by atoms with Crippen LogP contribution >= 0.6 is 0 Å². The molecule has 1 aliphatic heterocycles. The maximum absolute atomic E-state index is 12.9. The first-order valence-electron chi connectivity index (χ1n) is 6.08. The van der Waals surface area contributed by atoms with Crippen LogP contribution in [0.4, 0.5) is 18.0 Å². The predicted octanol–water partition coefficient (Wildman–Crippen LogP) is 2.65. The van der Waals surface area contributed by atoms with E-state index in [1.165, 1.54) is 6.92 Å². The average molecular weight is 282 g/mol. The first-order valence-corrected chi connectivity index (χ1v) is 6.08. The molecule has 1 N–H and O–H groups in total. The average Bonchev–Trinajstić information content (AvgIpc) is 2.65. The first-order chi connectivity index (χ1) is 8.76. The summed E-state index contributed by atoms with van der Waals surface area (Å²) in [6, 6.07) is 0. The maximum atomic E-state index is 12.9. The SMILES string of the molecule is CCCCC1=NN(C(=O)OCC)[C@](O)(C(F)(F)F)C1. The summed E-state index contributed by atoms with van der Waals surface area (Å²) < 4.78 is 43.2. The summed E-state index contributed by atoms with van der Waals surface area (Å²) in [5.74, 6) is 0. The summed E-state index contributed by atoms with van der Waals surface area (Å²) in [7, 11) is 0. The molecule has 0 spiro atoms. The van der Waals surface area contributed by atoms with E-state index in [1.54, 1.807) is 0 Å². The van der Waals surface area contributed by atoms with Crippen LogP contribution < -0.4 is 0 Å². The molecule has 0 aromatic rings. The Morgan fingerprint density at radius 1 is 1.53 bits per heavy atom. The van der Waals surface area contributed by atoms with Gasteiger partial charge in [-0.05, 0) is 19.8 Å². The Morgan fingerprint density at radius 2 is 2.16 bits per heavy atom. The fraction of sp³-hybridized carbons (Fsp3) is 0.818. The van der Waals surface area contributed by atoms with Crippen LogP contribution in [0.5, 0.6) is 0 Å². The predicted molar refractivity (Wildman–Crippen MR) is 61.4 cm³/mol. The number of carbonyl (C=O) groups is 1. The van der Waals surface area contributed by atoms with Crippen LogP contribution in [-0.2, 0) is 4.74 Å². The van der Waals surface area contributed by atoms with Crippen LogP contribution in [0.3, 0.4) is 0 Å². The molecule has 1 heterocycles. The van der Waals surface area contributed by atoms with Crippen molar-refractivity contribution in [1.82, 2.24) is 5.01 Å². The van der Waals surface area contributed by atoms with Crippen molar-refractivity contribution in [3.05, 3.63) is 0 Å². The standard InChI is InChI=1S/C11H17F3N2O3/c1-3-5-6-8-7-10(18,11(12,13)14)16(15-8)9(17)19-4-2/h18H,3-7H2,1-2H3/t10-/m1/s1. The van der Waals surface area contributed by atoms with Crippen molar-refractivity contribution >= 4 is 11.8 Å². The summed E-state index contributed by atoms with van der Waals surface area (Å²) in [5.41, 5.74) is -3.16. The highest BCUT2D eigenvalue weighted by molar-refractivity contribution is 5.89. The van der Waals surface area contributed by atoms with Gasteiger partial charge in [0.05, 0.1) is 6.61 Å². The van der Waals surface area contributed by atoms with Gasteiger partial charge in [0.15, 0.2) is 0 Å². The largest absolute Gasteiger partial charge is 0.448 e. The Labute approximate surface area is 109 Å². The van der Waals surface area contributed by atoms with Crippen molar-refractivity contribution < 1.29 is 27.8 Å². The van der Waals surface area contributed by atoms with Crippen LogP contribution in [-0.4, -0.2) is 40.4 Å². The lowest BCUT2D eigenvalue weighted by Crippen LogP contribution is -2.56. The number of nitrogens with zero attached hydrogens (tertiary/aromatic N) is 2. The van der Waals surface area contributed by atoms with Crippen LogP contribution in [0.2, 0.25) is 0 Å². The summed E-state index contributed by atoms with van der Waals surface area (Å²) in [6.45, 7) is 3.25. The summed E-state index contributed by atoms with van der Waals surface area (Å²) in [6.07, 6.45) is -5.28. The van der Waals surface area contributed by atoms with Crippen LogP contribution in [0.15, 0.2) is 5.10 Å². The minimum absolute atomic E-state index is 0.00148. The van der Waals surface area contributed by atoms with Gasteiger partial charge in [0.2, 0.25) is 0 Å². The maximum Gasteiger partial charge on any atom is 0.439 e. The second-order valence-corrected chi connectivity index (χ2v) is 4.27. The van der Waals surface area contributed by atoms with Crippen LogP contribution in [0.25, 0.3) is 0 Å². The van der Waals surface area contributed by atoms with Gasteiger partial charge in [0, 0.05) is 12.1 Å². The number of halogens is 3. The van der Waals surface area contributed by atoms with Crippen molar-refractivity contribution in [2.75, 3.05) is 6.61 Å². The Hall–Kier alpha value is -1.31. The van der Waals surface area contributed by atoms with Gasteiger partial charge >= 0.3 is 12.3 Å². The number of hydrazone groups is 1. The number of carbonyl (C=O) groups excluding carboxylic acids is 1. The van der Waals surface area contributed by atoms with E-state index in [2.05, 4.69) is 9.84 Å².